The van der Waals surface area contributed by atoms with Crippen LogP contribution in [0.2, 0.25) is 0 Å². The Hall–Kier alpha value is -1.73. The molecule has 2 fully saturated rings. The fourth-order valence-corrected chi connectivity index (χ4v) is 5.39. The van der Waals surface area contributed by atoms with Gasteiger partial charge in [0.1, 0.15) is 5.78 Å². The smallest absolute Gasteiger partial charge is 0.309 e. The van der Waals surface area contributed by atoms with Crippen molar-refractivity contribution in [2.24, 2.45) is 5.92 Å². The second-order valence-corrected chi connectivity index (χ2v) is 7.86. The van der Waals surface area contributed by atoms with Gasteiger partial charge in [-0.2, -0.15) is 4.31 Å². The number of piperidine rings is 2. The first-order valence-corrected chi connectivity index (χ1v) is 9.46. The van der Waals surface area contributed by atoms with Crippen LogP contribution in [0.3, 0.4) is 0 Å². The van der Waals surface area contributed by atoms with Gasteiger partial charge in [-0.05, 0) is 31.9 Å². The number of Topliss-reactive ketones (excluding diaryl/α,β-unsaturated/α-hetero) is 1. The lowest BCUT2D eigenvalue weighted by Crippen LogP contribution is -2.57. The largest absolute Gasteiger partial charge is 0.466 e. The Kier molecular flexibility index (Phi) is 5.77. The molecule has 2 aliphatic heterocycles. The van der Waals surface area contributed by atoms with Crippen LogP contribution in [0.1, 0.15) is 32.6 Å². The molecule has 2 aliphatic rings. The Morgan fingerprint density at radius 2 is 1.88 bits per heavy atom. The second kappa shape index (κ2) is 7.44. The van der Waals surface area contributed by atoms with Crippen molar-refractivity contribution in [3.8, 4) is 0 Å². The maximum Gasteiger partial charge on any atom is 0.309 e. The zero-order valence-corrected chi connectivity index (χ0v) is 14.6. The lowest BCUT2D eigenvalue weighted by Gasteiger charge is -2.46. The molecule has 2 rings (SSSR count). The number of sulfonamides is 1. The molecule has 0 aromatic carbocycles. The number of ether oxygens (including phenoxy) is 1. The molecule has 0 N–H and O–H groups in total. The Labute approximate surface area is 142 Å². The number of hydrogen-bond donors (Lipinski definition) is 0. The first-order valence-electron chi connectivity index (χ1n) is 8.02. The molecule has 0 aliphatic carbocycles. The normalized spacial score (nSPS) is 28.3. The van der Waals surface area contributed by atoms with Crippen LogP contribution in [-0.2, 0) is 24.3 Å². The van der Waals surface area contributed by atoms with E-state index >= 15 is 0 Å². The molecule has 2 heterocycles. The summed E-state index contributed by atoms with van der Waals surface area (Å²) in [5.74, 6) is -0.647. The number of nitrogens with zero attached hydrogens (tertiary/aromatic N) is 1. The van der Waals surface area contributed by atoms with E-state index in [-0.39, 0.29) is 42.0 Å². The van der Waals surface area contributed by atoms with Crippen LogP contribution >= 0.6 is 0 Å². The van der Waals surface area contributed by atoms with Gasteiger partial charge in [-0.15, -0.1) is 0 Å². The van der Waals surface area contributed by atoms with Crippen molar-refractivity contribution in [1.82, 2.24) is 4.31 Å². The topological polar surface area (TPSA) is 80.8 Å². The average Bonchev–Trinajstić information content (AvgIpc) is 2.50. The summed E-state index contributed by atoms with van der Waals surface area (Å²) in [5, 5.41) is 0. The highest BCUT2D eigenvalue weighted by Crippen LogP contribution is 2.39. The fourth-order valence-electron chi connectivity index (χ4n) is 3.56. The number of rotatable bonds is 6. The van der Waals surface area contributed by atoms with Crippen LogP contribution in [0.15, 0.2) is 36.3 Å². The predicted octanol–water partition coefficient (Wildman–Crippen LogP) is 1.95. The summed E-state index contributed by atoms with van der Waals surface area (Å²) in [6.45, 7) is 9.10. The van der Waals surface area contributed by atoms with Crippen molar-refractivity contribution in [1.29, 1.82) is 0 Å². The maximum atomic E-state index is 12.9. The number of fused-ring (bicyclic) bond motifs is 2. The highest BCUT2D eigenvalue weighted by Gasteiger charge is 2.49. The molecule has 0 aromatic heterocycles. The van der Waals surface area contributed by atoms with E-state index in [1.165, 1.54) is 22.5 Å². The van der Waals surface area contributed by atoms with Gasteiger partial charge in [-0.25, -0.2) is 8.42 Å². The molecule has 2 unspecified atom stereocenters. The lowest BCUT2D eigenvalue weighted by molar-refractivity contribution is -0.152. The maximum absolute atomic E-state index is 12.9. The van der Waals surface area contributed by atoms with Crippen LogP contribution in [0, 0.1) is 5.92 Å². The van der Waals surface area contributed by atoms with Crippen molar-refractivity contribution in [2.75, 3.05) is 6.61 Å². The third-order valence-corrected chi connectivity index (χ3v) is 6.49. The number of ketones is 1. The van der Waals surface area contributed by atoms with E-state index in [4.69, 9.17) is 4.74 Å². The van der Waals surface area contributed by atoms with Gasteiger partial charge in [0.05, 0.1) is 17.4 Å². The highest BCUT2D eigenvalue weighted by atomic mass is 32.2. The summed E-state index contributed by atoms with van der Waals surface area (Å²) in [5.41, 5.74) is 0. The molecule has 0 saturated carbocycles. The molecule has 0 amide bonds. The molecule has 7 heteroatoms. The second-order valence-electron chi connectivity index (χ2n) is 6.02. The molecule has 2 saturated heterocycles. The van der Waals surface area contributed by atoms with Gasteiger partial charge in [-0.3, -0.25) is 9.59 Å². The average molecular weight is 353 g/mol. The SMILES string of the molecule is C=CC=C(C=C)S(=O)(=O)N1C2CC(=O)CC1CC(C(=O)OCC)C2. The summed E-state index contributed by atoms with van der Waals surface area (Å²) < 4.78 is 32.3. The van der Waals surface area contributed by atoms with Gasteiger partial charge < -0.3 is 4.74 Å². The highest BCUT2D eigenvalue weighted by molar-refractivity contribution is 7.93. The van der Waals surface area contributed by atoms with Gasteiger partial charge in [0, 0.05) is 24.9 Å². The third-order valence-electron chi connectivity index (χ3n) is 4.44. The molecule has 0 aromatic rings. The first kappa shape index (κ1) is 18.6. The predicted molar refractivity (Wildman–Crippen MR) is 90.4 cm³/mol. The van der Waals surface area contributed by atoms with Crippen molar-refractivity contribution in [3.05, 3.63) is 36.3 Å². The molecule has 24 heavy (non-hydrogen) atoms. The van der Waals surface area contributed by atoms with Crippen LogP contribution in [0.4, 0.5) is 0 Å². The lowest BCUT2D eigenvalue weighted by atomic mass is 9.80. The van der Waals surface area contributed by atoms with Crippen LogP contribution in [-0.4, -0.2) is 43.2 Å². The van der Waals surface area contributed by atoms with Crippen molar-refractivity contribution < 1.29 is 22.7 Å². The van der Waals surface area contributed by atoms with E-state index in [0.717, 1.165) is 0 Å². The number of carbonyl (C=O) groups is 2. The van der Waals surface area contributed by atoms with E-state index in [1.54, 1.807) is 6.92 Å². The number of allylic oxidation sites excluding steroid dienone is 3. The summed E-state index contributed by atoms with van der Waals surface area (Å²) in [6, 6.07) is -1.03. The van der Waals surface area contributed by atoms with Crippen LogP contribution in [0.5, 0.6) is 0 Å². The number of esters is 1. The minimum absolute atomic E-state index is 0.0339. The minimum atomic E-state index is -3.78. The van der Waals surface area contributed by atoms with Crippen LogP contribution in [0.25, 0.3) is 0 Å². The van der Waals surface area contributed by atoms with Gasteiger partial charge in [0.15, 0.2) is 0 Å². The van der Waals surface area contributed by atoms with E-state index < -0.39 is 22.1 Å². The van der Waals surface area contributed by atoms with E-state index in [2.05, 4.69) is 13.2 Å². The fraction of sp³-hybridized carbons (Fsp3) is 0.529. The molecule has 132 valence electrons. The van der Waals surface area contributed by atoms with E-state index in [9.17, 15) is 18.0 Å². The van der Waals surface area contributed by atoms with Gasteiger partial charge in [0.2, 0.25) is 10.0 Å². The molecular formula is C17H23NO5S. The molecule has 2 atom stereocenters. The Morgan fingerprint density at radius 3 is 2.33 bits per heavy atom. The van der Waals surface area contributed by atoms with Gasteiger partial charge in [0.25, 0.3) is 0 Å². The summed E-state index contributed by atoms with van der Waals surface area (Å²) in [4.78, 5) is 24.0. The third kappa shape index (κ3) is 3.52. The minimum Gasteiger partial charge on any atom is -0.466 e. The van der Waals surface area contributed by atoms with Crippen molar-refractivity contribution in [2.45, 2.75) is 44.7 Å². The number of hydrogen-bond acceptors (Lipinski definition) is 5. The Bertz CT molecular complexity index is 661. The molecular weight excluding hydrogens is 330 g/mol. The van der Waals surface area contributed by atoms with E-state index in [1.807, 2.05) is 0 Å². The van der Waals surface area contributed by atoms with Crippen LogP contribution < -0.4 is 0 Å². The van der Waals surface area contributed by atoms with Crippen molar-refractivity contribution >= 4 is 21.8 Å². The zero-order valence-electron chi connectivity index (χ0n) is 13.8. The Balaban J connectivity index is 2.34. The van der Waals surface area contributed by atoms with Gasteiger partial charge in [-0.1, -0.05) is 19.2 Å². The van der Waals surface area contributed by atoms with E-state index in [0.29, 0.717) is 12.8 Å². The molecule has 0 spiro atoms. The van der Waals surface area contributed by atoms with Crippen molar-refractivity contribution in [3.63, 3.8) is 0 Å². The molecule has 6 nitrogen and oxygen atoms in total. The summed E-state index contributed by atoms with van der Waals surface area (Å²) in [7, 11) is -3.78. The summed E-state index contributed by atoms with van der Waals surface area (Å²) in [6.07, 6.45) is 4.91. The zero-order chi connectivity index (χ0) is 17.9. The first-order chi connectivity index (χ1) is 11.3. The number of carbonyl (C=O) groups excluding carboxylic acids is 2. The molecule has 2 bridgehead atoms. The monoisotopic (exact) mass is 353 g/mol. The van der Waals surface area contributed by atoms with Gasteiger partial charge >= 0.3 is 5.97 Å². The summed E-state index contributed by atoms with van der Waals surface area (Å²) >= 11 is 0. The molecule has 0 radical (unpaired) electrons. The standard InChI is InChI=1S/C17H23NO5S/c1-4-7-16(5-2)24(21,22)18-13-8-12(17(20)23-6-3)9-14(18)11-15(19)10-13/h4-5,7,12-14H,1-2,6,8-11H2,3H3. The Morgan fingerprint density at radius 1 is 1.29 bits per heavy atom. The quantitative estimate of drug-likeness (QED) is 0.538.